The van der Waals surface area contributed by atoms with Gasteiger partial charge in [-0.1, -0.05) is 72.7 Å². The summed E-state index contributed by atoms with van der Waals surface area (Å²) in [4.78, 5) is 18.8. The number of anilines is 1. The monoisotopic (exact) mass is 398 g/mol. The van der Waals surface area contributed by atoms with Gasteiger partial charge in [0.15, 0.2) is 0 Å². The predicted molar refractivity (Wildman–Crippen MR) is 122 cm³/mol. The summed E-state index contributed by atoms with van der Waals surface area (Å²) >= 11 is 0. The van der Waals surface area contributed by atoms with Crippen LogP contribution in [0, 0.1) is 41.5 Å². The number of aryl methyl sites for hydroxylation is 6. The minimum absolute atomic E-state index is 1.06. The lowest BCUT2D eigenvalue weighted by Crippen LogP contribution is -2.69. The Morgan fingerprint density at radius 3 is 1.44 bits per heavy atom. The molecule has 5 heteroatoms. The van der Waals surface area contributed by atoms with Crippen molar-refractivity contribution in [1.29, 1.82) is 0 Å². The SMILES string of the molecule is Cc1cc(C)c([N-][Si](C)(C)N(c2c(C)cc(C)cc2C)[Si](C)(C)[O-])c(C)c1. The van der Waals surface area contributed by atoms with Crippen LogP contribution in [-0.2, 0) is 0 Å². The van der Waals surface area contributed by atoms with E-state index in [0.717, 1.165) is 11.4 Å². The van der Waals surface area contributed by atoms with E-state index in [1.54, 1.807) is 0 Å². The van der Waals surface area contributed by atoms with Gasteiger partial charge in [-0.3, -0.25) is 0 Å². The van der Waals surface area contributed by atoms with Gasteiger partial charge >= 0.3 is 0 Å². The predicted octanol–water partition coefficient (Wildman–Crippen LogP) is 5.81. The molecule has 3 nitrogen and oxygen atoms in total. The average molecular weight is 399 g/mol. The first-order chi connectivity index (χ1) is 12.2. The molecule has 0 aliphatic carbocycles. The van der Waals surface area contributed by atoms with Crippen LogP contribution in [0.2, 0.25) is 26.2 Å². The Morgan fingerprint density at radius 2 is 1.07 bits per heavy atom. The average Bonchev–Trinajstić information content (AvgIpc) is 2.45. The van der Waals surface area contributed by atoms with Crippen LogP contribution in [0.4, 0.5) is 11.4 Å². The Bertz CT molecular complexity index is 808. The van der Waals surface area contributed by atoms with Gasteiger partial charge in [-0.25, -0.2) is 0 Å². The van der Waals surface area contributed by atoms with Gasteiger partial charge in [-0.15, -0.1) is 5.69 Å². The van der Waals surface area contributed by atoms with Crippen molar-refractivity contribution >= 4 is 28.3 Å². The third kappa shape index (κ3) is 4.65. The minimum Gasteiger partial charge on any atom is -0.844 e. The molecule has 148 valence electrons. The zero-order valence-corrected chi connectivity index (χ0v) is 20.6. The number of hydrogen-bond donors (Lipinski definition) is 0. The van der Waals surface area contributed by atoms with Gasteiger partial charge in [0.1, 0.15) is 0 Å². The fourth-order valence-electron chi connectivity index (χ4n) is 4.40. The first kappa shape index (κ1) is 21.7. The van der Waals surface area contributed by atoms with Crippen LogP contribution in [0.15, 0.2) is 24.3 Å². The summed E-state index contributed by atoms with van der Waals surface area (Å²) in [5, 5.41) is 0. The minimum atomic E-state index is -2.89. The second-order valence-corrected chi connectivity index (χ2v) is 16.3. The highest BCUT2D eigenvalue weighted by molar-refractivity contribution is 6.99. The van der Waals surface area contributed by atoms with Gasteiger partial charge in [0.2, 0.25) is 0 Å². The molecule has 0 saturated carbocycles. The lowest BCUT2D eigenvalue weighted by atomic mass is 10.1. The zero-order valence-electron chi connectivity index (χ0n) is 18.6. The molecule has 2 rings (SSSR count). The Labute approximate surface area is 167 Å². The third-order valence-electron chi connectivity index (χ3n) is 4.97. The molecule has 0 aromatic heterocycles. The van der Waals surface area contributed by atoms with Gasteiger partial charge < -0.3 is 14.0 Å². The fourth-order valence-corrected chi connectivity index (χ4v) is 12.6. The van der Waals surface area contributed by atoms with E-state index in [2.05, 4.69) is 83.1 Å². The van der Waals surface area contributed by atoms with Crippen LogP contribution >= 0.6 is 0 Å². The van der Waals surface area contributed by atoms with Crippen molar-refractivity contribution < 1.29 is 4.80 Å². The second kappa shape index (κ2) is 7.45. The van der Waals surface area contributed by atoms with Crippen molar-refractivity contribution in [3.63, 3.8) is 0 Å². The highest BCUT2D eigenvalue weighted by Gasteiger charge is 2.29. The Kier molecular flexibility index (Phi) is 6.00. The molecule has 0 radical (unpaired) electrons. The number of benzene rings is 2. The van der Waals surface area contributed by atoms with Crippen molar-refractivity contribution in [2.75, 3.05) is 4.23 Å². The summed E-state index contributed by atoms with van der Waals surface area (Å²) in [6.07, 6.45) is 0. The maximum Gasteiger partial charge on any atom is 0.0475 e. The summed E-state index contributed by atoms with van der Waals surface area (Å²) in [7, 11) is -5.29. The molecule has 0 amide bonds. The smallest absolute Gasteiger partial charge is 0.0475 e. The lowest BCUT2D eigenvalue weighted by Gasteiger charge is -2.61. The molecule has 0 aliphatic heterocycles. The third-order valence-corrected chi connectivity index (χ3v) is 11.6. The normalized spacial score (nSPS) is 12.3. The van der Waals surface area contributed by atoms with Gasteiger partial charge in [-0.05, 0) is 52.7 Å². The Morgan fingerprint density at radius 1 is 0.704 bits per heavy atom. The van der Waals surface area contributed by atoms with Crippen molar-refractivity contribution in [2.24, 2.45) is 0 Å². The van der Waals surface area contributed by atoms with Crippen molar-refractivity contribution in [3.8, 4) is 0 Å². The topological polar surface area (TPSA) is 40.4 Å². The van der Waals surface area contributed by atoms with E-state index in [0.29, 0.717) is 0 Å². The molecular formula is C22H34N2OSi2-2. The van der Waals surface area contributed by atoms with Gasteiger partial charge in [0.25, 0.3) is 0 Å². The van der Waals surface area contributed by atoms with E-state index in [9.17, 15) is 4.80 Å². The standard InChI is InChI=1S/C22H34N2OSi2/c1-15-11-17(3)21(18(4)12-15)23-26(7,8)24(27(9,10)25)22-19(5)13-16(2)14-20(22)6/h11-14H,1-10H3/q-2. The number of nitrogens with zero attached hydrogens (tertiary/aromatic N) is 2. The quantitative estimate of drug-likeness (QED) is 0.596. The summed E-state index contributed by atoms with van der Waals surface area (Å²) in [5.41, 5.74) is 9.39. The van der Waals surface area contributed by atoms with Crippen LogP contribution in [-0.4, -0.2) is 16.9 Å². The second-order valence-electron chi connectivity index (χ2n) is 8.88. The molecule has 0 atom stereocenters. The molecular weight excluding hydrogens is 364 g/mol. The molecule has 0 heterocycles. The first-order valence-corrected chi connectivity index (χ1v) is 15.4. The van der Waals surface area contributed by atoms with E-state index < -0.39 is 16.9 Å². The van der Waals surface area contributed by atoms with Crippen LogP contribution in [0.1, 0.15) is 33.4 Å². The Hall–Kier alpha value is -1.57. The molecule has 0 unspecified atom stereocenters. The largest absolute Gasteiger partial charge is 0.844 e. The van der Waals surface area contributed by atoms with Crippen LogP contribution in [0.25, 0.3) is 4.98 Å². The van der Waals surface area contributed by atoms with E-state index in [1.807, 2.05) is 13.1 Å². The molecule has 27 heavy (non-hydrogen) atoms. The number of hydrogen-bond acceptors (Lipinski definition) is 2. The highest BCUT2D eigenvalue weighted by Crippen LogP contribution is 2.40. The molecule has 0 bridgehead atoms. The summed E-state index contributed by atoms with van der Waals surface area (Å²) in [5.74, 6) is 0. The van der Waals surface area contributed by atoms with Crippen molar-refractivity contribution in [3.05, 3.63) is 62.6 Å². The van der Waals surface area contributed by atoms with E-state index >= 15 is 0 Å². The highest BCUT2D eigenvalue weighted by atomic mass is 28.4. The maximum absolute atomic E-state index is 13.5. The van der Waals surface area contributed by atoms with Crippen LogP contribution < -0.4 is 9.03 Å². The van der Waals surface area contributed by atoms with E-state index in [4.69, 9.17) is 4.98 Å². The molecule has 2 aromatic rings. The van der Waals surface area contributed by atoms with Crippen LogP contribution in [0.5, 0.6) is 0 Å². The zero-order chi connectivity index (χ0) is 20.7. The summed E-state index contributed by atoms with van der Waals surface area (Å²) < 4.78 is 2.21. The van der Waals surface area contributed by atoms with Crippen LogP contribution in [0.3, 0.4) is 0 Å². The van der Waals surface area contributed by atoms with Crippen molar-refractivity contribution in [1.82, 2.24) is 0 Å². The fraction of sp³-hybridized carbons (Fsp3) is 0.455. The molecule has 0 fully saturated rings. The van der Waals surface area contributed by atoms with Gasteiger partial charge in [0, 0.05) is 22.6 Å². The molecule has 0 aliphatic rings. The molecule has 0 saturated heterocycles. The van der Waals surface area contributed by atoms with Gasteiger partial charge in [-0.2, -0.15) is 0 Å². The Balaban J connectivity index is 2.61. The van der Waals surface area contributed by atoms with E-state index in [-0.39, 0.29) is 0 Å². The van der Waals surface area contributed by atoms with Crippen molar-refractivity contribution in [2.45, 2.75) is 67.7 Å². The number of rotatable bonds is 5. The summed E-state index contributed by atoms with van der Waals surface area (Å²) in [6, 6.07) is 8.73. The maximum atomic E-state index is 13.5. The lowest BCUT2D eigenvalue weighted by molar-refractivity contribution is -0.205. The summed E-state index contributed by atoms with van der Waals surface area (Å²) in [6.45, 7) is 20.9. The molecule has 0 N–H and O–H groups in total. The van der Waals surface area contributed by atoms with E-state index in [1.165, 1.54) is 33.4 Å². The molecule has 0 spiro atoms. The molecule has 2 aromatic carbocycles. The van der Waals surface area contributed by atoms with Gasteiger partial charge in [0.05, 0.1) is 0 Å². The first-order valence-electron chi connectivity index (χ1n) is 9.63.